The number of rotatable bonds is 1. The van der Waals surface area contributed by atoms with E-state index >= 15 is 0 Å². The molecule has 0 unspecified atom stereocenters. The molecule has 0 fully saturated rings. The fourth-order valence-electron chi connectivity index (χ4n) is 3.52. The van der Waals surface area contributed by atoms with E-state index in [2.05, 4.69) is 0 Å². The van der Waals surface area contributed by atoms with Gasteiger partial charge in [-0.15, -0.1) is 0 Å². The summed E-state index contributed by atoms with van der Waals surface area (Å²) in [6.45, 7) is 0. The Balaban J connectivity index is 1.90. The summed E-state index contributed by atoms with van der Waals surface area (Å²) in [7, 11) is 1.63. The third-order valence-electron chi connectivity index (χ3n) is 4.75. The Hall–Kier alpha value is -3.33. The maximum absolute atomic E-state index is 13.2. The molecule has 0 aliphatic carbocycles. The van der Waals surface area contributed by atoms with E-state index < -0.39 is 0 Å². The number of hydrogen-bond donors (Lipinski definition) is 0. The van der Waals surface area contributed by atoms with Gasteiger partial charge in [0.15, 0.2) is 5.78 Å². The Morgan fingerprint density at radius 1 is 0.840 bits per heavy atom. The molecule has 1 aliphatic rings. The van der Waals surface area contributed by atoms with Crippen molar-refractivity contribution in [1.29, 1.82) is 0 Å². The lowest BCUT2D eigenvalue weighted by molar-refractivity contribution is 0.103. The van der Waals surface area contributed by atoms with E-state index in [-0.39, 0.29) is 5.78 Å². The minimum Gasteiger partial charge on any atom is -0.497 e. The molecule has 1 aliphatic heterocycles. The summed E-state index contributed by atoms with van der Waals surface area (Å²) in [4.78, 5) is 13.2. The number of carbonyl (C=O) groups excluding carboxylic acids is 1. The summed E-state index contributed by atoms with van der Waals surface area (Å²) in [6, 6.07) is 21.2. The molecule has 3 nitrogen and oxygen atoms in total. The first-order valence-corrected chi connectivity index (χ1v) is 8.11. The molecule has 3 heteroatoms. The van der Waals surface area contributed by atoms with Crippen molar-refractivity contribution in [2.24, 2.45) is 0 Å². The van der Waals surface area contributed by atoms with Crippen LogP contribution in [-0.4, -0.2) is 12.9 Å². The smallest absolute Gasteiger partial charge is 0.197 e. The number of ketones is 1. The predicted molar refractivity (Wildman–Crippen MR) is 98.0 cm³/mol. The minimum absolute atomic E-state index is 0.0183. The van der Waals surface area contributed by atoms with Crippen LogP contribution in [0.2, 0.25) is 0 Å². The summed E-state index contributed by atoms with van der Waals surface area (Å²) in [5.41, 5.74) is 1.25. The molecule has 0 amide bonds. The van der Waals surface area contributed by atoms with Crippen LogP contribution < -0.4 is 9.47 Å². The number of fused-ring (bicyclic) bond motifs is 3. The van der Waals surface area contributed by atoms with Crippen LogP contribution in [0.5, 0.6) is 17.2 Å². The Morgan fingerprint density at radius 2 is 1.64 bits per heavy atom. The number of hydrogen-bond acceptors (Lipinski definition) is 3. The molecule has 0 bridgehead atoms. The lowest BCUT2D eigenvalue weighted by atomic mass is 9.96. The molecule has 1 heterocycles. The Labute approximate surface area is 144 Å². The highest BCUT2D eigenvalue weighted by Crippen LogP contribution is 2.43. The first kappa shape index (κ1) is 14.1. The van der Waals surface area contributed by atoms with Crippen LogP contribution in [-0.2, 0) is 0 Å². The third-order valence-corrected chi connectivity index (χ3v) is 4.75. The monoisotopic (exact) mass is 326 g/mol. The van der Waals surface area contributed by atoms with Gasteiger partial charge < -0.3 is 9.47 Å². The molecule has 120 valence electrons. The van der Waals surface area contributed by atoms with E-state index in [4.69, 9.17) is 9.47 Å². The molecule has 0 spiro atoms. The second-order valence-electron chi connectivity index (χ2n) is 6.12. The maximum atomic E-state index is 13.2. The summed E-state index contributed by atoms with van der Waals surface area (Å²) in [6.07, 6.45) is 0. The maximum Gasteiger partial charge on any atom is 0.197 e. The van der Waals surface area contributed by atoms with Crippen molar-refractivity contribution in [2.45, 2.75) is 0 Å². The standard InChI is InChI=1S/C22H14O3/c1-24-15-10-8-13-9-11-17-21(23)16-6-2-4-14-5-3-7-19(20(14)16)25-22(17)18(13)12-15/h2-12H,1H3. The van der Waals surface area contributed by atoms with E-state index in [0.717, 1.165) is 27.3 Å². The van der Waals surface area contributed by atoms with Gasteiger partial charge in [-0.1, -0.05) is 42.5 Å². The van der Waals surface area contributed by atoms with Crippen molar-refractivity contribution in [1.82, 2.24) is 0 Å². The van der Waals surface area contributed by atoms with Gasteiger partial charge in [-0.05, 0) is 35.0 Å². The second kappa shape index (κ2) is 5.08. The molecule has 0 atom stereocenters. The lowest BCUT2D eigenvalue weighted by Crippen LogP contribution is -2.01. The van der Waals surface area contributed by atoms with Gasteiger partial charge in [-0.2, -0.15) is 0 Å². The van der Waals surface area contributed by atoms with Gasteiger partial charge in [0, 0.05) is 16.3 Å². The van der Waals surface area contributed by atoms with E-state index in [9.17, 15) is 4.79 Å². The van der Waals surface area contributed by atoms with Gasteiger partial charge in [0.2, 0.25) is 0 Å². The quantitative estimate of drug-likeness (QED) is 0.417. The number of benzene rings is 4. The molecule has 0 N–H and O–H groups in total. The number of ether oxygens (including phenoxy) is 2. The van der Waals surface area contributed by atoms with Crippen molar-refractivity contribution in [3.63, 3.8) is 0 Å². The lowest BCUT2D eigenvalue weighted by Gasteiger charge is -2.12. The summed E-state index contributed by atoms with van der Waals surface area (Å²) < 4.78 is 11.6. The first-order chi connectivity index (χ1) is 12.3. The molecule has 0 aromatic heterocycles. The minimum atomic E-state index is -0.0183. The molecule has 0 saturated heterocycles. The van der Waals surface area contributed by atoms with Crippen LogP contribution in [0, 0.1) is 0 Å². The van der Waals surface area contributed by atoms with Crippen LogP contribution >= 0.6 is 0 Å². The Kier molecular flexibility index (Phi) is 2.86. The van der Waals surface area contributed by atoms with Crippen LogP contribution in [0.1, 0.15) is 15.9 Å². The Morgan fingerprint density at radius 3 is 2.48 bits per heavy atom. The van der Waals surface area contributed by atoms with Gasteiger partial charge in [0.25, 0.3) is 0 Å². The second-order valence-corrected chi connectivity index (χ2v) is 6.12. The van der Waals surface area contributed by atoms with Crippen LogP contribution in [0.3, 0.4) is 0 Å². The molecule has 4 aromatic rings. The summed E-state index contributed by atoms with van der Waals surface area (Å²) >= 11 is 0. The number of carbonyl (C=O) groups is 1. The fraction of sp³-hybridized carbons (Fsp3) is 0.0455. The Bertz CT molecular complexity index is 1170. The zero-order valence-corrected chi connectivity index (χ0v) is 13.6. The third kappa shape index (κ3) is 1.96. The molecule has 25 heavy (non-hydrogen) atoms. The molecule has 4 aromatic carbocycles. The SMILES string of the molecule is COc1ccc2ccc3c(c2c1)Oc1cccc2cccc(c12)C3=O. The van der Waals surface area contributed by atoms with E-state index in [0.29, 0.717) is 22.6 Å². The zero-order valence-electron chi connectivity index (χ0n) is 13.6. The average molecular weight is 326 g/mol. The number of methoxy groups -OCH3 is 1. The predicted octanol–water partition coefficient (Wildman–Crippen LogP) is 5.34. The zero-order chi connectivity index (χ0) is 17.0. The first-order valence-electron chi connectivity index (χ1n) is 8.11. The highest BCUT2D eigenvalue weighted by Gasteiger charge is 2.25. The van der Waals surface area contributed by atoms with Gasteiger partial charge in [-0.25, -0.2) is 0 Å². The topological polar surface area (TPSA) is 35.5 Å². The van der Waals surface area contributed by atoms with Crippen molar-refractivity contribution < 1.29 is 14.3 Å². The van der Waals surface area contributed by atoms with Crippen molar-refractivity contribution >= 4 is 27.3 Å². The molecule has 0 radical (unpaired) electrons. The highest BCUT2D eigenvalue weighted by molar-refractivity contribution is 6.21. The van der Waals surface area contributed by atoms with Crippen molar-refractivity contribution in [2.75, 3.05) is 7.11 Å². The molecule has 5 rings (SSSR count). The average Bonchev–Trinajstić information content (AvgIpc) is 2.78. The van der Waals surface area contributed by atoms with Gasteiger partial charge in [0.05, 0.1) is 12.7 Å². The van der Waals surface area contributed by atoms with Crippen LogP contribution in [0.4, 0.5) is 0 Å². The highest BCUT2D eigenvalue weighted by atomic mass is 16.5. The largest absolute Gasteiger partial charge is 0.497 e. The van der Waals surface area contributed by atoms with Crippen LogP contribution in [0.25, 0.3) is 21.5 Å². The molecular formula is C22H14O3. The van der Waals surface area contributed by atoms with E-state index in [1.165, 1.54) is 0 Å². The van der Waals surface area contributed by atoms with Gasteiger partial charge >= 0.3 is 0 Å². The molecule has 0 saturated carbocycles. The van der Waals surface area contributed by atoms with E-state index in [1.54, 1.807) is 7.11 Å². The van der Waals surface area contributed by atoms with E-state index in [1.807, 2.05) is 66.7 Å². The van der Waals surface area contributed by atoms with Crippen molar-refractivity contribution in [3.8, 4) is 17.2 Å². The fourth-order valence-corrected chi connectivity index (χ4v) is 3.52. The summed E-state index contributed by atoms with van der Waals surface area (Å²) in [5.74, 6) is 2.01. The molecular weight excluding hydrogens is 312 g/mol. The van der Waals surface area contributed by atoms with Gasteiger partial charge in [-0.3, -0.25) is 4.79 Å². The van der Waals surface area contributed by atoms with Crippen LogP contribution in [0.15, 0.2) is 66.7 Å². The summed E-state index contributed by atoms with van der Waals surface area (Å²) in [5, 5.41) is 3.74. The van der Waals surface area contributed by atoms with Crippen molar-refractivity contribution in [3.05, 3.63) is 77.9 Å². The normalized spacial score (nSPS) is 12.6. The van der Waals surface area contributed by atoms with Gasteiger partial charge in [0.1, 0.15) is 17.2 Å².